The second kappa shape index (κ2) is 7.99. The molecule has 29 heavy (non-hydrogen) atoms. The summed E-state index contributed by atoms with van der Waals surface area (Å²) in [6.07, 6.45) is 3.96. The Balaban J connectivity index is 1.67. The molecule has 0 atom stereocenters. The van der Waals surface area contributed by atoms with E-state index in [1.165, 1.54) is 11.1 Å². The van der Waals surface area contributed by atoms with Crippen LogP contribution in [0.4, 0.5) is 11.6 Å². The molecule has 0 fully saturated rings. The van der Waals surface area contributed by atoms with E-state index in [2.05, 4.69) is 53.3 Å². The molecule has 7 heteroatoms. The lowest BCUT2D eigenvalue weighted by atomic mass is 9.99. The molecular formula is C22H30N6O. The van der Waals surface area contributed by atoms with Crippen molar-refractivity contribution in [1.82, 2.24) is 24.6 Å². The van der Waals surface area contributed by atoms with Crippen LogP contribution in [-0.2, 0) is 19.5 Å². The minimum atomic E-state index is 0.561. The zero-order valence-corrected chi connectivity index (χ0v) is 18.0. The summed E-state index contributed by atoms with van der Waals surface area (Å²) in [5.74, 6) is 2.00. The minimum Gasteiger partial charge on any atom is -0.495 e. The fraction of sp³-hybridized carbons (Fsp3) is 0.500. The maximum absolute atomic E-state index is 5.64. The summed E-state index contributed by atoms with van der Waals surface area (Å²) < 4.78 is 7.64. The fourth-order valence-corrected chi connectivity index (χ4v) is 3.82. The van der Waals surface area contributed by atoms with E-state index in [4.69, 9.17) is 9.72 Å². The van der Waals surface area contributed by atoms with Gasteiger partial charge in [0, 0.05) is 25.8 Å². The molecule has 4 rings (SSSR count). The van der Waals surface area contributed by atoms with Gasteiger partial charge in [-0.25, -0.2) is 9.67 Å². The van der Waals surface area contributed by atoms with Crippen molar-refractivity contribution in [3.05, 3.63) is 35.2 Å². The molecule has 7 nitrogen and oxygen atoms in total. The van der Waals surface area contributed by atoms with Crippen molar-refractivity contribution >= 4 is 22.7 Å². The standard InChI is InChI=1S/C22H30N6O/c1-14(2)6-9-28-21-18(15(3)26-28)12-23-22(25-21)24-19-10-17-13-27(4)8-7-16(17)11-20(19)29-5/h10-12,14H,6-9,13H2,1-5H3,(H,23,24,25). The zero-order chi connectivity index (χ0) is 20.5. The van der Waals surface area contributed by atoms with Crippen LogP contribution in [-0.4, -0.2) is 45.4 Å². The first-order valence-electron chi connectivity index (χ1n) is 10.3. The van der Waals surface area contributed by atoms with Crippen molar-refractivity contribution in [2.45, 2.75) is 46.7 Å². The Labute approximate surface area is 172 Å². The normalized spacial score (nSPS) is 14.4. The largest absolute Gasteiger partial charge is 0.495 e. The number of hydrogen-bond acceptors (Lipinski definition) is 6. The highest BCUT2D eigenvalue weighted by Gasteiger charge is 2.18. The average molecular weight is 395 g/mol. The number of likely N-dealkylation sites (N-methyl/N-ethyl adjacent to an activating group) is 1. The summed E-state index contributed by atoms with van der Waals surface area (Å²) >= 11 is 0. The number of hydrogen-bond donors (Lipinski definition) is 1. The summed E-state index contributed by atoms with van der Waals surface area (Å²) in [6.45, 7) is 9.32. The van der Waals surface area contributed by atoms with Crippen LogP contribution in [0.3, 0.4) is 0 Å². The molecule has 1 N–H and O–H groups in total. The van der Waals surface area contributed by atoms with E-state index >= 15 is 0 Å². The third kappa shape index (κ3) is 4.05. The molecule has 3 aromatic rings. The van der Waals surface area contributed by atoms with Crippen LogP contribution < -0.4 is 10.1 Å². The fourth-order valence-electron chi connectivity index (χ4n) is 3.82. The molecule has 0 radical (unpaired) electrons. The van der Waals surface area contributed by atoms with Gasteiger partial charge in [0.25, 0.3) is 0 Å². The Bertz CT molecular complexity index is 1030. The van der Waals surface area contributed by atoms with E-state index in [0.717, 1.165) is 60.6 Å². The molecule has 154 valence electrons. The third-order valence-electron chi connectivity index (χ3n) is 5.56. The smallest absolute Gasteiger partial charge is 0.229 e. The molecule has 0 spiro atoms. The summed E-state index contributed by atoms with van der Waals surface area (Å²) in [5.41, 5.74) is 5.40. The number of nitrogens with one attached hydrogen (secondary N) is 1. The zero-order valence-electron chi connectivity index (χ0n) is 18.0. The first kappa shape index (κ1) is 19.6. The molecule has 2 aromatic heterocycles. The molecule has 1 aliphatic rings. The van der Waals surface area contributed by atoms with E-state index in [1.807, 2.05) is 17.8 Å². The van der Waals surface area contributed by atoms with Gasteiger partial charge in [-0.05, 0) is 56.0 Å². The molecule has 1 aliphatic heterocycles. The van der Waals surface area contributed by atoms with Crippen molar-refractivity contribution in [2.75, 3.05) is 26.0 Å². The van der Waals surface area contributed by atoms with Gasteiger partial charge in [0.2, 0.25) is 5.95 Å². The highest BCUT2D eigenvalue weighted by Crippen LogP contribution is 2.33. The van der Waals surface area contributed by atoms with Crippen molar-refractivity contribution in [3.8, 4) is 5.75 Å². The maximum atomic E-state index is 5.64. The second-order valence-corrected chi connectivity index (χ2v) is 8.36. The first-order valence-corrected chi connectivity index (χ1v) is 10.3. The maximum Gasteiger partial charge on any atom is 0.229 e. The lowest BCUT2D eigenvalue weighted by Crippen LogP contribution is -2.26. The Morgan fingerprint density at radius 3 is 2.83 bits per heavy atom. The predicted octanol–water partition coefficient (Wildman–Crippen LogP) is 3.92. The molecule has 0 unspecified atom stereocenters. The van der Waals surface area contributed by atoms with E-state index in [-0.39, 0.29) is 0 Å². The summed E-state index contributed by atoms with van der Waals surface area (Å²) in [6, 6.07) is 4.30. The number of fused-ring (bicyclic) bond motifs is 2. The molecule has 0 amide bonds. The van der Waals surface area contributed by atoms with Gasteiger partial charge < -0.3 is 15.0 Å². The number of methoxy groups -OCH3 is 1. The van der Waals surface area contributed by atoms with Gasteiger partial charge in [-0.15, -0.1) is 0 Å². The molecule has 0 aliphatic carbocycles. The lowest BCUT2D eigenvalue weighted by Gasteiger charge is -2.26. The van der Waals surface area contributed by atoms with Gasteiger partial charge in [-0.2, -0.15) is 10.1 Å². The molecule has 3 heterocycles. The number of benzene rings is 1. The number of ether oxygens (including phenoxy) is 1. The van der Waals surface area contributed by atoms with Crippen LogP contribution >= 0.6 is 0 Å². The molecule has 0 saturated carbocycles. The van der Waals surface area contributed by atoms with Crippen molar-refractivity contribution in [3.63, 3.8) is 0 Å². The summed E-state index contributed by atoms with van der Waals surface area (Å²) in [7, 11) is 3.86. The first-order chi connectivity index (χ1) is 13.9. The highest BCUT2D eigenvalue weighted by molar-refractivity contribution is 5.79. The molecule has 1 aromatic carbocycles. The average Bonchev–Trinajstić information content (AvgIpc) is 3.01. The van der Waals surface area contributed by atoms with E-state index in [9.17, 15) is 0 Å². The molecular weight excluding hydrogens is 364 g/mol. The number of aromatic nitrogens is 4. The van der Waals surface area contributed by atoms with Gasteiger partial charge in [-0.3, -0.25) is 0 Å². The Morgan fingerprint density at radius 2 is 2.07 bits per heavy atom. The molecule has 0 saturated heterocycles. The van der Waals surface area contributed by atoms with Crippen molar-refractivity contribution in [2.24, 2.45) is 5.92 Å². The Morgan fingerprint density at radius 1 is 1.24 bits per heavy atom. The van der Waals surface area contributed by atoms with Crippen LogP contribution in [0.15, 0.2) is 18.3 Å². The summed E-state index contributed by atoms with van der Waals surface area (Å²) in [4.78, 5) is 11.6. The quantitative estimate of drug-likeness (QED) is 0.683. The third-order valence-corrected chi connectivity index (χ3v) is 5.56. The van der Waals surface area contributed by atoms with Gasteiger partial charge in [0.05, 0.1) is 23.9 Å². The van der Waals surface area contributed by atoms with Crippen LogP contribution in [0.5, 0.6) is 5.75 Å². The Kier molecular flexibility index (Phi) is 5.41. The highest BCUT2D eigenvalue weighted by atomic mass is 16.5. The van der Waals surface area contributed by atoms with Gasteiger partial charge in [-0.1, -0.05) is 13.8 Å². The monoisotopic (exact) mass is 394 g/mol. The van der Waals surface area contributed by atoms with Gasteiger partial charge in [0.15, 0.2) is 5.65 Å². The summed E-state index contributed by atoms with van der Waals surface area (Å²) in [5, 5.41) is 9.04. The number of aryl methyl sites for hydroxylation is 2. The number of rotatable bonds is 6. The van der Waals surface area contributed by atoms with Crippen molar-refractivity contribution < 1.29 is 4.74 Å². The second-order valence-electron chi connectivity index (χ2n) is 8.36. The van der Waals surface area contributed by atoms with Crippen LogP contribution in [0.25, 0.3) is 11.0 Å². The van der Waals surface area contributed by atoms with Gasteiger partial charge in [0.1, 0.15) is 5.75 Å². The van der Waals surface area contributed by atoms with Crippen molar-refractivity contribution in [1.29, 1.82) is 0 Å². The van der Waals surface area contributed by atoms with Crippen LogP contribution in [0.2, 0.25) is 0 Å². The lowest BCUT2D eigenvalue weighted by molar-refractivity contribution is 0.312. The minimum absolute atomic E-state index is 0.561. The number of nitrogens with zero attached hydrogens (tertiary/aromatic N) is 5. The van der Waals surface area contributed by atoms with E-state index in [1.54, 1.807) is 7.11 Å². The molecule has 0 bridgehead atoms. The van der Waals surface area contributed by atoms with E-state index in [0.29, 0.717) is 11.9 Å². The van der Waals surface area contributed by atoms with Crippen LogP contribution in [0, 0.1) is 12.8 Å². The Hall–Kier alpha value is -2.67. The van der Waals surface area contributed by atoms with Gasteiger partial charge >= 0.3 is 0 Å². The SMILES string of the molecule is COc1cc2c(cc1Nc1ncc3c(C)nn(CCC(C)C)c3n1)CN(C)CC2. The van der Waals surface area contributed by atoms with Crippen LogP contribution in [0.1, 0.15) is 37.1 Å². The topological polar surface area (TPSA) is 68.1 Å². The van der Waals surface area contributed by atoms with E-state index < -0.39 is 0 Å². The number of anilines is 2. The predicted molar refractivity (Wildman–Crippen MR) is 116 cm³/mol.